The van der Waals surface area contributed by atoms with Gasteiger partial charge in [0.15, 0.2) is 5.82 Å². The summed E-state index contributed by atoms with van der Waals surface area (Å²) in [5, 5.41) is 5.03. The molecule has 2 aromatic heterocycles. The van der Waals surface area contributed by atoms with Crippen LogP contribution in [-0.2, 0) is 6.54 Å². The van der Waals surface area contributed by atoms with Crippen LogP contribution in [0.1, 0.15) is 130 Å². The van der Waals surface area contributed by atoms with Crippen LogP contribution in [0.5, 0.6) is 0 Å². The molecule has 0 atom stereocenters. The number of nitrogens with zero attached hydrogens (tertiary/aromatic N) is 4. The second-order valence-corrected chi connectivity index (χ2v) is 10.2. The van der Waals surface area contributed by atoms with Gasteiger partial charge in [0.1, 0.15) is 5.69 Å². The van der Waals surface area contributed by atoms with Crippen LogP contribution in [0.25, 0.3) is 18.7 Å². The van der Waals surface area contributed by atoms with Gasteiger partial charge in [0.05, 0.1) is 22.1 Å². The van der Waals surface area contributed by atoms with E-state index in [1.807, 2.05) is 90.4 Å². The summed E-state index contributed by atoms with van der Waals surface area (Å²) < 4.78 is 0. The molecule has 0 aliphatic heterocycles. The SMILES string of the molecule is C=c1nc(C(C)C)cn/c1=C/C.CC.CC.CC=Cc1ncc(C(C)C)nc1NCc1ccccc1.CCC1=CC=CCC1. The minimum Gasteiger partial charge on any atom is -0.364 e. The lowest BCUT2D eigenvalue weighted by atomic mass is 10.0. The fraction of sp³-hybridized carbons (Fsp3) is 0.436. The van der Waals surface area contributed by atoms with Crippen molar-refractivity contribution in [2.24, 2.45) is 0 Å². The van der Waals surface area contributed by atoms with E-state index in [0.29, 0.717) is 11.8 Å². The Morgan fingerprint density at radius 2 is 1.50 bits per heavy atom. The minimum absolute atomic E-state index is 0.374. The molecule has 5 heteroatoms. The maximum atomic E-state index is 4.68. The molecule has 0 amide bonds. The highest BCUT2D eigenvalue weighted by Crippen LogP contribution is 2.18. The van der Waals surface area contributed by atoms with E-state index in [-0.39, 0.29) is 0 Å². The predicted molar refractivity (Wildman–Crippen MR) is 195 cm³/mol. The summed E-state index contributed by atoms with van der Waals surface area (Å²) in [6.45, 7) is 27.2. The summed E-state index contributed by atoms with van der Waals surface area (Å²) in [5.41, 5.74) is 5.72. The molecule has 0 bridgehead atoms. The molecule has 0 radical (unpaired) electrons. The number of rotatable bonds is 7. The van der Waals surface area contributed by atoms with E-state index < -0.39 is 0 Å². The molecular formula is C39H59N5. The largest absolute Gasteiger partial charge is 0.364 e. The number of benzene rings is 1. The number of hydrogen-bond acceptors (Lipinski definition) is 5. The lowest BCUT2D eigenvalue weighted by Gasteiger charge is -2.11. The smallest absolute Gasteiger partial charge is 0.152 e. The predicted octanol–water partition coefficient (Wildman–Crippen LogP) is 9.78. The summed E-state index contributed by atoms with van der Waals surface area (Å²) in [4.78, 5) is 17.7. The third-order valence-electron chi connectivity index (χ3n) is 6.35. The van der Waals surface area contributed by atoms with Gasteiger partial charge in [0.25, 0.3) is 0 Å². The number of anilines is 1. The zero-order valence-electron chi connectivity index (χ0n) is 29.5. The lowest BCUT2D eigenvalue weighted by molar-refractivity contribution is 0.800. The first-order valence-corrected chi connectivity index (χ1v) is 16.4. The summed E-state index contributed by atoms with van der Waals surface area (Å²) in [6, 6.07) is 10.3. The Morgan fingerprint density at radius 1 is 0.886 bits per heavy atom. The monoisotopic (exact) mass is 597 g/mol. The van der Waals surface area contributed by atoms with E-state index in [9.17, 15) is 0 Å². The minimum atomic E-state index is 0.374. The molecule has 1 N–H and O–H groups in total. The van der Waals surface area contributed by atoms with Crippen LogP contribution in [-0.4, -0.2) is 19.9 Å². The third-order valence-corrected chi connectivity index (χ3v) is 6.35. The van der Waals surface area contributed by atoms with Crippen LogP contribution < -0.4 is 16.0 Å². The first-order chi connectivity index (χ1) is 21.3. The number of allylic oxidation sites excluding steroid dienone is 5. The first-order valence-electron chi connectivity index (χ1n) is 16.4. The topological polar surface area (TPSA) is 63.6 Å². The van der Waals surface area contributed by atoms with E-state index in [0.717, 1.165) is 40.1 Å². The molecule has 0 saturated heterocycles. The quantitative estimate of drug-likeness (QED) is 0.294. The second-order valence-electron chi connectivity index (χ2n) is 10.2. The van der Waals surface area contributed by atoms with Crippen LogP contribution in [0.2, 0.25) is 0 Å². The van der Waals surface area contributed by atoms with E-state index >= 15 is 0 Å². The van der Waals surface area contributed by atoms with Crippen molar-refractivity contribution in [3.63, 3.8) is 0 Å². The Balaban J connectivity index is 0.000000654. The van der Waals surface area contributed by atoms with Crippen molar-refractivity contribution in [1.29, 1.82) is 0 Å². The molecule has 5 nitrogen and oxygen atoms in total. The maximum absolute atomic E-state index is 4.68. The molecule has 3 aromatic rings. The Kier molecular flexibility index (Phi) is 22.4. The van der Waals surface area contributed by atoms with Gasteiger partial charge in [-0.2, -0.15) is 0 Å². The van der Waals surface area contributed by atoms with Crippen LogP contribution in [0.15, 0.2) is 72.6 Å². The number of aromatic nitrogens is 4. The van der Waals surface area contributed by atoms with E-state index in [1.54, 1.807) is 5.57 Å². The summed E-state index contributed by atoms with van der Waals surface area (Å²) in [6.07, 6.45) is 19.9. The van der Waals surface area contributed by atoms with Crippen LogP contribution >= 0.6 is 0 Å². The number of hydrogen-bond donors (Lipinski definition) is 1. The fourth-order valence-electron chi connectivity index (χ4n) is 3.80. The maximum Gasteiger partial charge on any atom is 0.152 e. The van der Waals surface area contributed by atoms with Crippen molar-refractivity contribution in [3.05, 3.63) is 106 Å². The van der Waals surface area contributed by atoms with Gasteiger partial charge in [0, 0.05) is 18.9 Å². The second kappa shape index (κ2) is 24.6. The highest BCUT2D eigenvalue weighted by Gasteiger charge is 2.08. The highest BCUT2D eigenvalue weighted by atomic mass is 15.0. The molecule has 44 heavy (non-hydrogen) atoms. The molecule has 0 saturated carbocycles. The molecular weight excluding hydrogens is 538 g/mol. The Labute approximate surface area is 269 Å². The Bertz CT molecular complexity index is 1370. The van der Waals surface area contributed by atoms with Gasteiger partial charge in [-0.15, -0.1) is 0 Å². The van der Waals surface area contributed by atoms with E-state index in [2.05, 4.69) is 96.8 Å². The van der Waals surface area contributed by atoms with Crippen molar-refractivity contribution < 1.29 is 0 Å². The normalized spacial score (nSPS) is 12.1. The van der Waals surface area contributed by atoms with Gasteiger partial charge in [-0.25, -0.2) is 9.97 Å². The zero-order chi connectivity index (χ0) is 33.3. The van der Waals surface area contributed by atoms with Crippen molar-refractivity contribution in [1.82, 2.24) is 19.9 Å². The molecule has 1 aromatic carbocycles. The average Bonchev–Trinajstić information content (AvgIpc) is 3.07. The summed E-state index contributed by atoms with van der Waals surface area (Å²) >= 11 is 0. The summed E-state index contributed by atoms with van der Waals surface area (Å²) in [5.74, 6) is 1.64. The van der Waals surface area contributed by atoms with Gasteiger partial charge in [-0.3, -0.25) is 9.97 Å². The Morgan fingerprint density at radius 3 is 1.98 bits per heavy atom. The zero-order valence-corrected chi connectivity index (χ0v) is 29.5. The van der Waals surface area contributed by atoms with E-state index in [4.69, 9.17) is 0 Å². The molecule has 240 valence electrons. The molecule has 4 rings (SSSR count). The molecule has 1 aliphatic carbocycles. The van der Waals surface area contributed by atoms with Gasteiger partial charge >= 0.3 is 0 Å². The number of nitrogens with one attached hydrogen (secondary N) is 1. The Hall–Kier alpha value is -3.86. The fourth-order valence-corrected chi connectivity index (χ4v) is 3.80. The van der Waals surface area contributed by atoms with Crippen molar-refractivity contribution >= 4 is 24.5 Å². The van der Waals surface area contributed by atoms with Gasteiger partial charge in [-0.1, -0.05) is 135 Å². The van der Waals surface area contributed by atoms with Crippen molar-refractivity contribution in [3.8, 4) is 0 Å². The van der Waals surface area contributed by atoms with E-state index in [1.165, 1.54) is 24.8 Å². The summed E-state index contributed by atoms with van der Waals surface area (Å²) in [7, 11) is 0. The first kappa shape index (κ1) is 40.1. The third kappa shape index (κ3) is 15.6. The van der Waals surface area contributed by atoms with Gasteiger partial charge in [-0.05, 0) is 56.6 Å². The van der Waals surface area contributed by atoms with Gasteiger partial charge in [0.2, 0.25) is 0 Å². The van der Waals surface area contributed by atoms with Crippen LogP contribution in [0.3, 0.4) is 0 Å². The van der Waals surface area contributed by atoms with Crippen LogP contribution in [0.4, 0.5) is 5.82 Å². The van der Waals surface area contributed by atoms with Crippen molar-refractivity contribution in [2.45, 2.75) is 114 Å². The van der Waals surface area contributed by atoms with Crippen molar-refractivity contribution in [2.75, 3.05) is 5.32 Å². The molecule has 2 heterocycles. The molecule has 1 aliphatic rings. The highest BCUT2D eigenvalue weighted by molar-refractivity contribution is 5.59. The molecule has 0 spiro atoms. The molecule has 0 fully saturated rings. The van der Waals surface area contributed by atoms with Crippen LogP contribution in [0, 0.1) is 0 Å². The lowest BCUT2D eigenvalue weighted by Crippen LogP contribution is -2.30. The molecule has 0 unspecified atom stereocenters. The van der Waals surface area contributed by atoms with Gasteiger partial charge < -0.3 is 5.32 Å². The average molecular weight is 598 g/mol. The standard InChI is InChI=1S/C17H21N3.C10H14N2.C8H12.2C2H6/c1-4-8-15-17(20-16(12-18-15)13(2)3)19-11-14-9-6-5-7-10-14;1-5-9-8(4)12-10(6-11-9)7(2)3;1-2-8-6-4-3-5-7-8;2*1-2/h4-10,12-13H,11H2,1-3H3,(H,19,20);5-7H,4H2,1-3H3;3-4,6H,2,5,7H2,1H3;2*1-2H3/b;9-5+;;;.